The minimum Gasteiger partial charge on any atom is -0.393 e. The Labute approximate surface area is 66.7 Å². The molecule has 3 atom stereocenters. The van der Waals surface area contributed by atoms with Crippen molar-refractivity contribution in [1.82, 2.24) is 0 Å². The average Bonchev–Trinajstić information content (AvgIpc) is 1.98. The van der Waals surface area contributed by atoms with Crippen molar-refractivity contribution in [3.8, 4) is 0 Å². The number of hydrogen-bond acceptors (Lipinski definition) is 3. The lowest BCUT2D eigenvalue weighted by Gasteiger charge is -2.22. The Balaban J connectivity index is 2.34. The Morgan fingerprint density at radius 1 is 0.727 bits per heavy atom. The van der Waals surface area contributed by atoms with Crippen LogP contribution in [0.2, 0.25) is 0 Å². The van der Waals surface area contributed by atoms with Gasteiger partial charge in [0.2, 0.25) is 0 Å². The Hall–Kier alpha value is -0.120. The van der Waals surface area contributed by atoms with Gasteiger partial charge in [-0.1, -0.05) is 0 Å². The van der Waals surface area contributed by atoms with E-state index in [4.69, 9.17) is 0 Å². The topological polar surface area (TPSA) is 60.7 Å². The standard InChI is InChI=1S/C8H16O3/c9-6-2-1-3-7(10)8(11)5-4-6/h6-11H,1-5H2. The second-order valence-electron chi connectivity index (χ2n) is 3.30. The van der Waals surface area contributed by atoms with Gasteiger partial charge in [0.25, 0.3) is 0 Å². The molecule has 11 heavy (non-hydrogen) atoms. The fraction of sp³-hybridized carbons (Fsp3) is 1.00. The quantitative estimate of drug-likeness (QED) is 0.468. The molecule has 0 aliphatic heterocycles. The Morgan fingerprint density at radius 2 is 1.36 bits per heavy atom. The minimum atomic E-state index is -0.634. The van der Waals surface area contributed by atoms with Crippen molar-refractivity contribution < 1.29 is 15.3 Å². The molecule has 0 spiro atoms. The Kier molecular flexibility index (Phi) is 3.30. The predicted molar refractivity (Wildman–Crippen MR) is 41.1 cm³/mol. The van der Waals surface area contributed by atoms with Crippen LogP contribution in [0.1, 0.15) is 32.1 Å². The van der Waals surface area contributed by atoms with Gasteiger partial charge in [0, 0.05) is 0 Å². The average molecular weight is 160 g/mol. The van der Waals surface area contributed by atoms with Gasteiger partial charge in [-0.25, -0.2) is 0 Å². The lowest BCUT2D eigenvalue weighted by Crippen LogP contribution is -2.29. The number of rotatable bonds is 0. The molecule has 0 aromatic carbocycles. The van der Waals surface area contributed by atoms with E-state index in [9.17, 15) is 15.3 Å². The summed E-state index contributed by atoms with van der Waals surface area (Å²) in [6.45, 7) is 0. The Bertz CT molecular complexity index is 116. The third-order valence-electron chi connectivity index (χ3n) is 2.28. The molecule has 3 N–H and O–H groups in total. The molecule has 3 nitrogen and oxygen atoms in total. The van der Waals surface area contributed by atoms with Gasteiger partial charge in [-0.3, -0.25) is 0 Å². The first-order valence-electron chi connectivity index (χ1n) is 4.24. The number of aliphatic hydroxyl groups is 3. The summed E-state index contributed by atoms with van der Waals surface area (Å²) in [6.07, 6.45) is 1.80. The van der Waals surface area contributed by atoms with Crippen LogP contribution >= 0.6 is 0 Å². The molecule has 1 fully saturated rings. The van der Waals surface area contributed by atoms with Crippen LogP contribution in [-0.4, -0.2) is 33.6 Å². The Morgan fingerprint density at radius 3 is 2.09 bits per heavy atom. The van der Waals surface area contributed by atoms with Crippen molar-refractivity contribution >= 4 is 0 Å². The third-order valence-corrected chi connectivity index (χ3v) is 2.28. The molecule has 1 rings (SSSR count). The fourth-order valence-corrected chi connectivity index (χ4v) is 1.45. The van der Waals surface area contributed by atoms with Gasteiger partial charge in [0.15, 0.2) is 0 Å². The van der Waals surface area contributed by atoms with Crippen LogP contribution in [-0.2, 0) is 0 Å². The summed E-state index contributed by atoms with van der Waals surface area (Å²) < 4.78 is 0. The molecule has 3 heteroatoms. The van der Waals surface area contributed by atoms with Crippen LogP contribution in [0, 0.1) is 0 Å². The van der Waals surface area contributed by atoms with E-state index in [1.165, 1.54) is 0 Å². The van der Waals surface area contributed by atoms with E-state index in [-0.39, 0.29) is 6.10 Å². The molecule has 0 aromatic rings. The highest BCUT2D eigenvalue weighted by Gasteiger charge is 2.20. The van der Waals surface area contributed by atoms with E-state index in [1.54, 1.807) is 0 Å². The van der Waals surface area contributed by atoms with Gasteiger partial charge in [-0.2, -0.15) is 0 Å². The first-order chi connectivity index (χ1) is 5.20. The van der Waals surface area contributed by atoms with Crippen molar-refractivity contribution in [2.24, 2.45) is 0 Å². The van der Waals surface area contributed by atoms with Crippen molar-refractivity contribution in [2.75, 3.05) is 0 Å². The zero-order valence-electron chi connectivity index (χ0n) is 6.61. The van der Waals surface area contributed by atoms with Crippen LogP contribution in [0.15, 0.2) is 0 Å². The summed E-state index contributed by atoms with van der Waals surface area (Å²) in [6, 6.07) is 0. The van der Waals surface area contributed by atoms with E-state index in [2.05, 4.69) is 0 Å². The van der Waals surface area contributed by atoms with Gasteiger partial charge in [0.1, 0.15) is 0 Å². The van der Waals surface area contributed by atoms with E-state index < -0.39 is 12.2 Å². The van der Waals surface area contributed by atoms with Gasteiger partial charge in [0.05, 0.1) is 18.3 Å². The normalized spacial score (nSPS) is 41.2. The molecule has 0 heterocycles. The molecule has 0 amide bonds. The van der Waals surface area contributed by atoms with Crippen LogP contribution in [0.5, 0.6) is 0 Å². The van der Waals surface area contributed by atoms with Crippen LogP contribution < -0.4 is 0 Å². The summed E-state index contributed by atoms with van der Waals surface area (Å²) >= 11 is 0. The zero-order valence-corrected chi connectivity index (χ0v) is 6.61. The van der Waals surface area contributed by atoms with E-state index >= 15 is 0 Å². The third kappa shape index (κ3) is 2.77. The molecule has 0 bridgehead atoms. The highest BCUT2D eigenvalue weighted by molar-refractivity contribution is 4.73. The first-order valence-corrected chi connectivity index (χ1v) is 4.24. The molecule has 0 aromatic heterocycles. The molecule has 1 saturated carbocycles. The van der Waals surface area contributed by atoms with Crippen molar-refractivity contribution in [1.29, 1.82) is 0 Å². The fourth-order valence-electron chi connectivity index (χ4n) is 1.45. The van der Waals surface area contributed by atoms with Gasteiger partial charge >= 0.3 is 0 Å². The summed E-state index contributed by atoms with van der Waals surface area (Å²) in [4.78, 5) is 0. The maximum atomic E-state index is 9.24. The van der Waals surface area contributed by atoms with Gasteiger partial charge in [-0.15, -0.1) is 0 Å². The molecule has 1 aliphatic rings. The second-order valence-corrected chi connectivity index (χ2v) is 3.30. The largest absolute Gasteiger partial charge is 0.393 e. The highest BCUT2D eigenvalue weighted by Crippen LogP contribution is 2.17. The molecule has 66 valence electrons. The van der Waals surface area contributed by atoms with Crippen LogP contribution in [0.25, 0.3) is 0 Å². The smallest absolute Gasteiger partial charge is 0.0800 e. The van der Waals surface area contributed by atoms with E-state index in [0.29, 0.717) is 19.3 Å². The summed E-state index contributed by atoms with van der Waals surface area (Å²) in [5.74, 6) is 0. The molecule has 0 saturated heterocycles. The SMILES string of the molecule is OC1CCCC(O)C(O)CC1. The maximum Gasteiger partial charge on any atom is 0.0800 e. The summed E-state index contributed by atoms with van der Waals surface area (Å²) in [5.41, 5.74) is 0. The van der Waals surface area contributed by atoms with Crippen LogP contribution in [0.3, 0.4) is 0 Å². The van der Waals surface area contributed by atoms with Gasteiger partial charge in [-0.05, 0) is 32.1 Å². The number of hydrogen-bond donors (Lipinski definition) is 3. The molecule has 0 radical (unpaired) electrons. The minimum absolute atomic E-state index is 0.280. The summed E-state index contributed by atoms with van der Waals surface area (Å²) in [7, 11) is 0. The lowest BCUT2D eigenvalue weighted by atomic mass is 9.95. The second kappa shape index (κ2) is 4.04. The first kappa shape index (κ1) is 8.97. The molecule has 3 unspecified atom stereocenters. The predicted octanol–water partition coefficient (Wildman–Crippen LogP) is 0.0332. The van der Waals surface area contributed by atoms with Crippen molar-refractivity contribution in [3.63, 3.8) is 0 Å². The van der Waals surface area contributed by atoms with Crippen molar-refractivity contribution in [2.45, 2.75) is 50.4 Å². The van der Waals surface area contributed by atoms with Crippen LogP contribution in [0.4, 0.5) is 0 Å². The summed E-state index contributed by atoms with van der Waals surface area (Å²) in [5, 5.41) is 27.7. The molecule has 1 aliphatic carbocycles. The monoisotopic (exact) mass is 160 g/mol. The van der Waals surface area contributed by atoms with E-state index in [1.807, 2.05) is 0 Å². The molecular weight excluding hydrogens is 144 g/mol. The highest BCUT2D eigenvalue weighted by atomic mass is 16.3. The van der Waals surface area contributed by atoms with Crippen molar-refractivity contribution in [3.05, 3.63) is 0 Å². The maximum absolute atomic E-state index is 9.24. The number of aliphatic hydroxyl groups excluding tert-OH is 3. The zero-order chi connectivity index (χ0) is 8.27. The lowest BCUT2D eigenvalue weighted by molar-refractivity contribution is -0.0116. The van der Waals surface area contributed by atoms with Gasteiger partial charge < -0.3 is 15.3 Å². The molecular formula is C8H16O3. The van der Waals surface area contributed by atoms with E-state index in [0.717, 1.165) is 12.8 Å².